The highest BCUT2D eigenvalue weighted by Crippen LogP contribution is 2.44. The van der Waals surface area contributed by atoms with E-state index < -0.39 is 0 Å². The summed E-state index contributed by atoms with van der Waals surface area (Å²) in [5, 5.41) is 2.89. The van der Waals surface area contributed by atoms with Crippen molar-refractivity contribution in [3.8, 4) is 0 Å². The number of fused-ring (bicyclic) bond motifs is 2. The summed E-state index contributed by atoms with van der Waals surface area (Å²) in [4.78, 5) is 29.9. The number of hydrogen-bond acceptors (Lipinski definition) is 3. The summed E-state index contributed by atoms with van der Waals surface area (Å²) in [7, 11) is 0. The van der Waals surface area contributed by atoms with E-state index in [4.69, 9.17) is 0 Å². The van der Waals surface area contributed by atoms with E-state index in [1.54, 1.807) is 11.8 Å². The first-order chi connectivity index (χ1) is 15.1. The minimum Gasteiger partial charge on any atom is -0.322 e. The van der Waals surface area contributed by atoms with Gasteiger partial charge in [0.05, 0.1) is 11.3 Å². The van der Waals surface area contributed by atoms with E-state index in [-0.39, 0.29) is 23.7 Å². The average Bonchev–Trinajstić information content (AvgIpc) is 3.26. The van der Waals surface area contributed by atoms with Crippen LogP contribution < -0.4 is 10.2 Å². The molecule has 3 aromatic rings. The largest absolute Gasteiger partial charge is 0.322 e. The molecule has 2 aliphatic rings. The summed E-state index contributed by atoms with van der Waals surface area (Å²) < 4.78 is 13.2. The Morgan fingerprint density at radius 2 is 1.71 bits per heavy atom. The van der Waals surface area contributed by atoms with E-state index in [9.17, 15) is 14.0 Å². The van der Waals surface area contributed by atoms with Crippen molar-refractivity contribution in [1.29, 1.82) is 0 Å². The molecule has 156 valence electrons. The third-order valence-electron chi connectivity index (χ3n) is 5.83. The van der Waals surface area contributed by atoms with Gasteiger partial charge in [0, 0.05) is 27.1 Å². The van der Waals surface area contributed by atoms with Gasteiger partial charge >= 0.3 is 0 Å². The Bertz CT molecular complexity index is 1160. The van der Waals surface area contributed by atoms with Crippen LogP contribution in [0.5, 0.6) is 0 Å². The van der Waals surface area contributed by atoms with Gasteiger partial charge in [-0.1, -0.05) is 36.7 Å². The van der Waals surface area contributed by atoms with E-state index in [0.29, 0.717) is 16.8 Å². The Labute approximate surface area is 184 Å². The van der Waals surface area contributed by atoms with Gasteiger partial charge in [0.1, 0.15) is 5.82 Å². The molecule has 1 aliphatic heterocycles. The Kier molecular flexibility index (Phi) is 5.24. The van der Waals surface area contributed by atoms with Gasteiger partial charge in [-0.3, -0.25) is 9.59 Å². The third kappa shape index (κ3) is 3.83. The molecule has 1 fully saturated rings. The molecule has 0 aromatic heterocycles. The van der Waals surface area contributed by atoms with Gasteiger partial charge in [-0.05, 0) is 67.4 Å². The predicted octanol–water partition coefficient (Wildman–Crippen LogP) is 6.13. The zero-order valence-electron chi connectivity index (χ0n) is 16.8. The molecule has 0 spiro atoms. The van der Waals surface area contributed by atoms with Crippen LogP contribution in [0.1, 0.15) is 46.4 Å². The van der Waals surface area contributed by atoms with Gasteiger partial charge in [-0.15, -0.1) is 0 Å². The Morgan fingerprint density at radius 3 is 2.48 bits per heavy atom. The third-order valence-corrected chi connectivity index (χ3v) is 6.95. The highest BCUT2D eigenvalue weighted by Gasteiger charge is 2.34. The highest BCUT2D eigenvalue weighted by molar-refractivity contribution is 7.99. The molecule has 3 aromatic carbocycles. The first kappa shape index (κ1) is 19.8. The van der Waals surface area contributed by atoms with E-state index in [0.717, 1.165) is 41.2 Å². The zero-order valence-corrected chi connectivity index (χ0v) is 17.6. The molecule has 6 heteroatoms. The molecule has 0 saturated heterocycles. The number of nitrogens with one attached hydrogen (secondary N) is 1. The maximum absolute atomic E-state index is 13.5. The summed E-state index contributed by atoms with van der Waals surface area (Å²) in [5.41, 5.74) is 2.63. The standard InChI is InChI=1S/C25H21FN2O2S/c26-17-11-9-16(10-12-17)24(29)27-18-13-14-21-23(15-18)31-22-8-4-3-7-20(22)25(30)28(21)19-5-1-2-6-19/h3-4,7-15,19H,1-2,5-6H2,(H,27,29). The molecule has 1 N–H and O–H groups in total. The molecule has 0 atom stereocenters. The second-order valence-electron chi connectivity index (χ2n) is 7.86. The van der Waals surface area contributed by atoms with Crippen LogP contribution in [0.25, 0.3) is 0 Å². The van der Waals surface area contributed by atoms with Gasteiger partial charge in [-0.2, -0.15) is 0 Å². The molecule has 4 nitrogen and oxygen atoms in total. The lowest BCUT2D eigenvalue weighted by molar-refractivity contribution is 0.0972. The summed E-state index contributed by atoms with van der Waals surface area (Å²) in [6.07, 6.45) is 4.26. The molecule has 5 rings (SSSR count). The maximum Gasteiger partial charge on any atom is 0.259 e. The number of carbonyl (C=O) groups is 2. The minimum atomic E-state index is -0.381. The Balaban J connectivity index is 1.51. The van der Waals surface area contributed by atoms with Crippen molar-refractivity contribution in [3.05, 3.63) is 83.7 Å². The average molecular weight is 433 g/mol. The SMILES string of the molecule is O=C(Nc1ccc2c(c1)Sc1ccccc1C(=O)N2C1CCCC1)c1ccc(F)cc1. The van der Waals surface area contributed by atoms with Crippen molar-refractivity contribution in [2.45, 2.75) is 41.5 Å². The van der Waals surface area contributed by atoms with Crippen molar-refractivity contribution >= 4 is 35.0 Å². The van der Waals surface area contributed by atoms with Gasteiger partial charge in [-0.25, -0.2) is 4.39 Å². The predicted molar refractivity (Wildman–Crippen MR) is 120 cm³/mol. The number of carbonyl (C=O) groups excluding carboxylic acids is 2. The van der Waals surface area contributed by atoms with Gasteiger partial charge in [0.2, 0.25) is 0 Å². The van der Waals surface area contributed by atoms with Crippen LogP contribution in [0.15, 0.2) is 76.5 Å². The maximum atomic E-state index is 13.5. The van der Waals surface area contributed by atoms with Crippen LogP contribution in [0.3, 0.4) is 0 Å². The van der Waals surface area contributed by atoms with Crippen molar-refractivity contribution < 1.29 is 14.0 Å². The van der Waals surface area contributed by atoms with E-state index in [1.165, 1.54) is 24.3 Å². The van der Waals surface area contributed by atoms with Gasteiger partial charge in [0.15, 0.2) is 0 Å². The summed E-state index contributed by atoms with van der Waals surface area (Å²) in [5.74, 6) is -0.645. The van der Waals surface area contributed by atoms with Crippen molar-refractivity contribution in [2.75, 3.05) is 10.2 Å². The van der Waals surface area contributed by atoms with Crippen LogP contribution in [0.2, 0.25) is 0 Å². The molecule has 31 heavy (non-hydrogen) atoms. The van der Waals surface area contributed by atoms with Gasteiger partial charge < -0.3 is 10.2 Å². The van der Waals surface area contributed by atoms with Crippen LogP contribution in [0.4, 0.5) is 15.8 Å². The first-order valence-electron chi connectivity index (χ1n) is 10.4. The summed E-state index contributed by atoms with van der Waals surface area (Å²) in [6, 6.07) is 19.0. The van der Waals surface area contributed by atoms with Crippen molar-refractivity contribution in [1.82, 2.24) is 0 Å². The number of amides is 2. The van der Waals surface area contributed by atoms with Crippen LogP contribution in [-0.2, 0) is 0 Å². The minimum absolute atomic E-state index is 0.0387. The quantitative estimate of drug-likeness (QED) is 0.541. The Hall–Kier alpha value is -3.12. The number of halogens is 1. The molecule has 0 bridgehead atoms. The number of hydrogen-bond donors (Lipinski definition) is 1. The molecule has 1 heterocycles. The van der Waals surface area contributed by atoms with Crippen LogP contribution in [0, 0.1) is 5.82 Å². The molecule has 0 unspecified atom stereocenters. The van der Waals surface area contributed by atoms with Gasteiger partial charge in [0.25, 0.3) is 11.8 Å². The van der Waals surface area contributed by atoms with Crippen molar-refractivity contribution in [2.24, 2.45) is 0 Å². The smallest absolute Gasteiger partial charge is 0.259 e. The van der Waals surface area contributed by atoms with E-state index in [1.807, 2.05) is 47.4 Å². The van der Waals surface area contributed by atoms with E-state index >= 15 is 0 Å². The second kappa shape index (κ2) is 8.19. The highest BCUT2D eigenvalue weighted by atomic mass is 32.2. The Morgan fingerprint density at radius 1 is 0.968 bits per heavy atom. The lowest BCUT2D eigenvalue weighted by atomic mass is 10.1. The second-order valence-corrected chi connectivity index (χ2v) is 8.94. The molecule has 2 amide bonds. The zero-order chi connectivity index (χ0) is 21.4. The topological polar surface area (TPSA) is 49.4 Å². The lowest BCUT2D eigenvalue weighted by Gasteiger charge is -2.29. The van der Waals surface area contributed by atoms with Crippen LogP contribution in [-0.4, -0.2) is 17.9 Å². The number of benzene rings is 3. The summed E-state index contributed by atoms with van der Waals surface area (Å²) in [6.45, 7) is 0. The van der Waals surface area contributed by atoms with E-state index in [2.05, 4.69) is 5.32 Å². The lowest BCUT2D eigenvalue weighted by Crippen LogP contribution is -2.39. The fraction of sp³-hybridized carbons (Fsp3) is 0.200. The van der Waals surface area contributed by atoms with Crippen LogP contribution >= 0.6 is 11.8 Å². The fourth-order valence-corrected chi connectivity index (χ4v) is 5.40. The molecule has 0 radical (unpaired) electrons. The molecule has 1 saturated carbocycles. The molecular weight excluding hydrogens is 411 g/mol. The molecular formula is C25H21FN2O2S. The first-order valence-corrected chi connectivity index (χ1v) is 11.2. The number of anilines is 2. The number of nitrogens with zero attached hydrogens (tertiary/aromatic N) is 1. The number of rotatable bonds is 3. The fourth-order valence-electron chi connectivity index (χ4n) is 4.29. The van der Waals surface area contributed by atoms with Crippen molar-refractivity contribution in [3.63, 3.8) is 0 Å². The monoisotopic (exact) mass is 432 g/mol. The summed E-state index contributed by atoms with van der Waals surface area (Å²) >= 11 is 1.55. The molecule has 1 aliphatic carbocycles. The normalized spacial score (nSPS) is 15.9.